The maximum atomic E-state index is 12.4. The van der Waals surface area contributed by atoms with E-state index < -0.39 is 24.0 Å². The van der Waals surface area contributed by atoms with Gasteiger partial charge in [0.25, 0.3) is 0 Å². The van der Waals surface area contributed by atoms with Gasteiger partial charge in [0.05, 0.1) is 19.8 Å². The van der Waals surface area contributed by atoms with Crippen LogP contribution in [-0.2, 0) is 23.8 Å². The van der Waals surface area contributed by atoms with E-state index in [1.54, 1.807) is 42.5 Å². The molecule has 6 nitrogen and oxygen atoms in total. The zero-order valence-electron chi connectivity index (χ0n) is 14.7. The van der Waals surface area contributed by atoms with Crippen LogP contribution in [0.4, 0.5) is 0 Å². The molecule has 0 N–H and O–H groups in total. The molecule has 0 aromatic heterocycles. The molecule has 0 spiro atoms. The number of benzene rings is 2. The first-order valence-corrected chi connectivity index (χ1v) is 8.23. The van der Waals surface area contributed by atoms with E-state index in [1.807, 2.05) is 0 Å². The fraction of sp³-hybridized carbons (Fsp3) is 0.150. The quantitative estimate of drug-likeness (QED) is 0.427. The summed E-state index contributed by atoms with van der Waals surface area (Å²) in [6, 6.07) is 12.8. The van der Waals surface area contributed by atoms with Crippen molar-refractivity contribution in [2.75, 3.05) is 14.2 Å². The van der Waals surface area contributed by atoms with E-state index in [-0.39, 0.29) is 10.6 Å². The molecule has 0 bridgehead atoms. The predicted molar refractivity (Wildman–Crippen MR) is 99.1 cm³/mol. The van der Waals surface area contributed by atoms with Crippen molar-refractivity contribution in [1.82, 2.24) is 0 Å². The van der Waals surface area contributed by atoms with Gasteiger partial charge in [-0.05, 0) is 29.8 Å². The highest BCUT2D eigenvalue weighted by molar-refractivity contribution is 6.31. The molecular weight excluding hydrogens is 372 g/mol. The van der Waals surface area contributed by atoms with Gasteiger partial charge in [-0.2, -0.15) is 0 Å². The van der Waals surface area contributed by atoms with Crippen LogP contribution in [0.3, 0.4) is 0 Å². The van der Waals surface area contributed by atoms with Crippen LogP contribution in [0.25, 0.3) is 6.08 Å². The van der Waals surface area contributed by atoms with Crippen LogP contribution in [-0.4, -0.2) is 32.1 Å². The highest BCUT2D eigenvalue weighted by atomic mass is 35.5. The molecule has 0 amide bonds. The Labute approximate surface area is 161 Å². The zero-order valence-corrected chi connectivity index (χ0v) is 15.4. The number of hydrogen-bond acceptors (Lipinski definition) is 6. The van der Waals surface area contributed by atoms with Crippen molar-refractivity contribution in [3.05, 3.63) is 76.3 Å². The molecule has 0 saturated carbocycles. The standard InChI is InChI=1S/C20H17ClO6/c1-25-17(22)12-9-13-7-10-14(11-8-13)19(23)27-18(20(24)26-2)15-5-3-4-6-16(15)21/h3-12,18H,1-2H3/b12-9+. The number of rotatable bonds is 6. The molecule has 27 heavy (non-hydrogen) atoms. The summed E-state index contributed by atoms with van der Waals surface area (Å²) >= 11 is 6.10. The van der Waals surface area contributed by atoms with Gasteiger partial charge in [0.1, 0.15) is 0 Å². The normalized spacial score (nSPS) is 11.7. The molecule has 0 aliphatic carbocycles. The lowest BCUT2D eigenvalue weighted by atomic mass is 10.1. The van der Waals surface area contributed by atoms with Crippen LogP contribution < -0.4 is 0 Å². The van der Waals surface area contributed by atoms with E-state index in [0.29, 0.717) is 11.1 Å². The van der Waals surface area contributed by atoms with Crippen molar-refractivity contribution in [2.45, 2.75) is 6.10 Å². The summed E-state index contributed by atoms with van der Waals surface area (Å²) < 4.78 is 14.5. The first-order chi connectivity index (χ1) is 13.0. The number of esters is 3. The van der Waals surface area contributed by atoms with E-state index in [9.17, 15) is 14.4 Å². The number of hydrogen-bond donors (Lipinski definition) is 0. The molecule has 0 saturated heterocycles. The number of ether oxygens (including phenoxy) is 3. The van der Waals surface area contributed by atoms with Crippen molar-refractivity contribution < 1.29 is 28.6 Å². The van der Waals surface area contributed by atoms with E-state index >= 15 is 0 Å². The van der Waals surface area contributed by atoms with Crippen molar-refractivity contribution in [2.24, 2.45) is 0 Å². The summed E-state index contributed by atoms with van der Waals surface area (Å²) in [5.41, 5.74) is 1.25. The minimum absolute atomic E-state index is 0.228. The second-order valence-corrected chi connectivity index (χ2v) is 5.72. The molecule has 0 fully saturated rings. The van der Waals surface area contributed by atoms with Gasteiger partial charge in [0.15, 0.2) is 0 Å². The third-order valence-electron chi connectivity index (χ3n) is 3.59. The average Bonchev–Trinajstić information content (AvgIpc) is 2.70. The average molecular weight is 389 g/mol. The van der Waals surface area contributed by atoms with Gasteiger partial charge in [-0.1, -0.05) is 41.9 Å². The lowest BCUT2D eigenvalue weighted by Gasteiger charge is -2.17. The first kappa shape index (κ1) is 20.2. The Morgan fingerprint density at radius 3 is 2.22 bits per heavy atom. The minimum atomic E-state index is -1.28. The minimum Gasteiger partial charge on any atom is -0.466 e. The molecule has 7 heteroatoms. The van der Waals surface area contributed by atoms with Crippen molar-refractivity contribution >= 4 is 35.6 Å². The van der Waals surface area contributed by atoms with Crippen LogP contribution in [0, 0.1) is 0 Å². The predicted octanol–water partition coefficient (Wildman–Crippen LogP) is 3.60. The third-order valence-corrected chi connectivity index (χ3v) is 3.93. The Kier molecular flexibility index (Phi) is 7.14. The molecule has 0 heterocycles. The molecule has 1 unspecified atom stereocenters. The Hall–Kier alpha value is -3.12. The fourth-order valence-corrected chi connectivity index (χ4v) is 2.41. The topological polar surface area (TPSA) is 78.9 Å². The number of halogens is 1. The van der Waals surface area contributed by atoms with Gasteiger partial charge >= 0.3 is 17.9 Å². The molecule has 2 rings (SSSR count). The van der Waals surface area contributed by atoms with Gasteiger partial charge in [0, 0.05) is 16.7 Å². The molecule has 0 aliphatic rings. The SMILES string of the molecule is COC(=O)/C=C/c1ccc(C(=O)OC(C(=O)OC)c2ccccc2Cl)cc1. The second-order valence-electron chi connectivity index (χ2n) is 5.31. The molecule has 2 aromatic carbocycles. The van der Waals surface area contributed by atoms with Crippen LogP contribution in [0.1, 0.15) is 27.6 Å². The summed E-state index contributed by atoms with van der Waals surface area (Å²) in [6.45, 7) is 0. The van der Waals surface area contributed by atoms with Gasteiger partial charge in [0.2, 0.25) is 6.10 Å². The molecule has 140 valence electrons. The smallest absolute Gasteiger partial charge is 0.352 e. The number of methoxy groups -OCH3 is 2. The van der Waals surface area contributed by atoms with E-state index in [1.165, 1.54) is 32.4 Å². The maximum Gasteiger partial charge on any atom is 0.352 e. The summed E-state index contributed by atoms with van der Waals surface area (Å²) in [6.07, 6.45) is 1.52. The van der Waals surface area contributed by atoms with Gasteiger partial charge < -0.3 is 14.2 Å². The van der Waals surface area contributed by atoms with Gasteiger partial charge in [-0.15, -0.1) is 0 Å². The highest BCUT2D eigenvalue weighted by Crippen LogP contribution is 2.27. The van der Waals surface area contributed by atoms with Crippen molar-refractivity contribution in [3.8, 4) is 0 Å². The summed E-state index contributed by atoms with van der Waals surface area (Å²) in [4.78, 5) is 35.6. The molecule has 2 aromatic rings. The monoisotopic (exact) mass is 388 g/mol. The van der Waals surface area contributed by atoms with Crippen LogP contribution >= 0.6 is 11.6 Å². The van der Waals surface area contributed by atoms with Gasteiger partial charge in [-0.25, -0.2) is 14.4 Å². The fourth-order valence-electron chi connectivity index (χ4n) is 2.17. The molecule has 0 radical (unpaired) electrons. The lowest BCUT2D eigenvalue weighted by molar-refractivity contribution is -0.151. The second kappa shape index (κ2) is 9.54. The maximum absolute atomic E-state index is 12.4. The molecular formula is C20H17ClO6. The summed E-state index contributed by atoms with van der Waals surface area (Å²) in [5.74, 6) is -1.94. The summed E-state index contributed by atoms with van der Waals surface area (Å²) in [5, 5.41) is 0.281. The van der Waals surface area contributed by atoms with E-state index in [0.717, 1.165) is 0 Å². The first-order valence-electron chi connectivity index (χ1n) is 7.85. The Morgan fingerprint density at radius 1 is 0.963 bits per heavy atom. The third kappa shape index (κ3) is 5.43. The number of carbonyl (C=O) groups is 3. The van der Waals surface area contributed by atoms with E-state index in [2.05, 4.69) is 4.74 Å². The molecule has 1 atom stereocenters. The molecule has 0 aliphatic heterocycles. The van der Waals surface area contributed by atoms with Crippen LogP contribution in [0.5, 0.6) is 0 Å². The number of carbonyl (C=O) groups excluding carboxylic acids is 3. The van der Waals surface area contributed by atoms with Crippen molar-refractivity contribution in [1.29, 1.82) is 0 Å². The summed E-state index contributed by atoms with van der Waals surface area (Å²) in [7, 11) is 2.48. The zero-order chi connectivity index (χ0) is 19.8. The highest BCUT2D eigenvalue weighted by Gasteiger charge is 2.28. The largest absolute Gasteiger partial charge is 0.466 e. The Morgan fingerprint density at radius 2 is 1.63 bits per heavy atom. The van der Waals surface area contributed by atoms with Crippen molar-refractivity contribution in [3.63, 3.8) is 0 Å². The van der Waals surface area contributed by atoms with Crippen LogP contribution in [0.2, 0.25) is 5.02 Å². The van der Waals surface area contributed by atoms with Crippen LogP contribution in [0.15, 0.2) is 54.6 Å². The lowest BCUT2D eigenvalue weighted by Crippen LogP contribution is -2.21. The Balaban J connectivity index is 2.18. The van der Waals surface area contributed by atoms with E-state index in [4.69, 9.17) is 21.1 Å². The van der Waals surface area contributed by atoms with Gasteiger partial charge in [-0.3, -0.25) is 0 Å². The Bertz CT molecular complexity index is 857.